The molecular formula is C25H29F3N2O3S. The summed E-state index contributed by atoms with van der Waals surface area (Å²) in [5.41, 5.74) is -0.0614. The molecule has 5 nitrogen and oxygen atoms in total. The van der Waals surface area contributed by atoms with E-state index in [0.29, 0.717) is 19.4 Å². The molecule has 0 unspecified atom stereocenters. The molecule has 2 atom stereocenters. The van der Waals surface area contributed by atoms with Gasteiger partial charge in [-0.25, -0.2) is 26.3 Å². The summed E-state index contributed by atoms with van der Waals surface area (Å²) in [6, 6.07) is 6.32. The summed E-state index contributed by atoms with van der Waals surface area (Å²) in [5.74, 6) is -2.27. The lowest BCUT2D eigenvalue weighted by atomic mass is 9.66. The number of likely N-dealkylation sites (tertiary alicyclic amines) is 1. The summed E-state index contributed by atoms with van der Waals surface area (Å²) in [6.45, 7) is 2.37. The van der Waals surface area contributed by atoms with Crippen molar-refractivity contribution >= 4 is 15.9 Å². The Bertz CT molecular complexity index is 1170. The molecule has 0 bridgehead atoms. The van der Waals surface area contributed by atoms with E-state index in [0.717, 1.165) is 43.7 Å². The van der Waals surface area contributed by atoms with Crippen LogP contribution in [0.2, 0.25) is 0 Å². The van der Waals surface area contributed by atoms with E-state index in [1.54, 1.807) is 17.0 Å². The van der Waals surface area contributed by atoms with Crippen LogP contribution in [0.1, 0.15) is 44.6 Å². The minimum atomic E-state index is -3.55. The predicted octanol–water partition coefficient (Wildman–Crippen LogP) is 4.41. The SMILES string of the molecule is CCC1(C(=O)N2CC[C@H](NS(C)(=O)=O)[C@@H]2Cc2cccc(-c3cc(F)cc(F)c3)c2F)CCC1. The summed E-state index contributed by atoms with van der Waals surface area (Å²) in [5, 5.41) is 0. The van der Waals surface area contributed by atoms with E-state index in [9.17, 15) is 22.0 Å². The molecule has 2 aliphatic rings. The third-order valence-electron chi connectivity index (χ3n) is 7.29. The Hall–Kier alpha value is -2.39. The van der Waals surface area contributed by atoms with Gasteiger partial charge in [-0.2, -0.15) is 0 Å². The van der Waals surface area contributed by atoms with E-state index in [1.807, 2.05) is 6.92 Å². The second kappa shape index (κ2) is 9.34. The molecule has 2 aromatic carbocycles. The van der Waals surface area contributed by atoms with E-state index in [2.05, 4.69) is 4.72 Å². The number of rotatable bonds is 7. The third-order valence-corrected chi connectivity index (χ3v) is 8.03. The Morgan fingerprint density at radius 3 is 2.38 bits per heavy atom. The van der Waals surface area contributed by atoms with Crippen LogP contribution in [0.4, 0.5) is 13.2 Å². The van der Waals surface area contributed by atoms with Gasteiger partial charge in [0.25, 0.3) is 0 Å². The zero-order chi connectivity index (χ0) is 24.7. The second-order valence-corrected chi connectivity index (χ2v) is 11.3. The van der Waals surface area contributed by atoms with Gasteiger partial charge in [0.05, 0.1) is 12.3 Å². The number of nitrogens with one attached hydrogen (secondary N) is 1. The smallest absolute Gasteiger partial charge is 0.229 e. The van der Waals surface area contributed by atoms with E-state index in [-0.39, 0.29) is 29.0 Å². The van der Waals surface area contributed by atoms with Crippen LogP contribution in [0.25, 0.3) is 11.1 Å². The van der Waals surface area contributed by atoms with Crippen LogP contribution in [0.5, 0.6) is 0 Å². The standard InChI is InChI=1S/C25H29F3N2O3S/c1-3-25(9-5-10-25)24(31)30-11-8-21(29-34(2,32)33)22(30)14-16-6-4-7-20(23(16)28)17-12-18(26)15-19(27)13-17/h4,6-7,12-13,15,21-22,29H,3,5,8-11,14H2,1-2H3/t21-,22-/m0/s1. The first-order valence-corrected chi connectivity index (χ1v) is 13.4. The van der Waals surface area contributed by atoms with E-state index in [1.165, 1.54) is 6.07 Å². The number of nitrogens with zero attached hydrogens (tertiary/aromatic N) is 1. The maximum atomic E-state index is 15.6. The number of benzene rings is 2. The lowest BCUT2D eigenvalue weighted by Crippen LogP contribution is -2.53. The Balaban J connectivity index is 1.68. The van der Waals surface area contributed by atoms with Crippen molar-refractivity contribution in [3.05, 3.63) is 59.4 Å². The quantitative estimate of drug-likeness (QED) is 0.620. The molecule has 1 N–H and O–H groups in total. The van der Waals surface area contributed by atoms with Gasteiger partial charge in [-0.15, -0.1) is 0 Å². The number of carbonyl (C=O) groups is 1. The molecule has 184 valence electrons. The second-order valence-electron chi connectivity index (χ2n) is 9.48. The first-order valence-electron chi connectivity index (χ1n) is 11.6. The number of carbonyl (C=O) groups excluding carboxylic acids is 1. The minimum absolute atomic E-state index is 0.00665. The van der Waals surface area contributed by atoms with Gasteiger partial charge < -0.3 is 4.90 Å². The van der Waals surface area contributed by atoms with E-state index < -0.39 is 45.0 Å². The normalized spacial score (nSPS) is 22.0. The van der Waals surface area contributed by atoms with Crippen molar-refractivity contribution in [3.8, 4) is 11.1 Å². The van der Waals surface area contributed by atoms with Crippen molar-refractivity contribution in [3.63, 3.8) is 0 Å². The summed E-state index contributed by atoms with van der Waals surface area (Å²) >= 11 is 0. The number of halogens is 3. The topological polar surface area (TPSA) is 66.5 Å². The van der Waals surface area contributed by atoms with Crippen LogP contribution in [-0.2, 0) is 21.2 Å². The zero-order valence-electron chi connectivity index (χ0n) is 19.3. The molecule has 1 saturated heterocycles. The van der Waals surface area contributed by atoms with Crippen LogP contribution in [0, 0.1) is 22.9 Å². The predicted molar refractivity (Wildman–Crippen MR) is 124 cm³/mol. The van der Waals surface area contributed by atoms with Gasteiger partial charge >= 0.3 is 0 Å². The van der Waals surface area contributed by atoms with Gasteiger partial charge in [0.2, 0.25) is 15.9 Å². The van der Waals surface area contributed by atoms with E-state index >= 15 is 4.39 Å². The Morgan fingerprint density at radius 1 is 1.15 bits per heavy atom. The van der Waals surface area contributed by atoms with Gasteiger partial charge in [-0.1, -0.05) is 31.5 Å². The van der Waals surface area contributed by atoms with Crippen LogP contribution < -0.4 is 4.72 Å². The average molecular weight is 495 g/mol. The molecule has 0 radical (unpaired) electrons. The highest BCUT2D eigenvalue weighted by Crippen LogP contribution is 2.46. The molecule has 4 rings (SSSR count). The zero-order valence-corrected chi connectivity index (χ0v) is 20.1. The van der Waals surface area contributed by atoms with Crippen molar-refractivity contribution in [2.24, 2.45) is 5.41 Å². The van der Waals surface area contributed by atoms with Crippen LogP contribution >= 0.6 is 0 Å². The van der Waals surface area contributed by atoms with Gasteiger partial charge in [-0.3, -0.25) is 4.79 Å². The van der Waals surface area contributed by atoms with Gasteiger partial charge in [0, 0.05) is 29.6 Å². The fraction of sp³-hybridized carbons (Fsp3) is 0.480. The number of hydrogen-bond donors (Lipinski definition) is 1. The highest BCUT2D eigenvalue weighted by molar-refractivity contribution is 7.88. The fourth-order valence-electron chi connectivity index (χ4n) is 5.29. The minimum Gasteiger partial charge on any atom is -0.337 e. The molecule has 1 aliphatic heterocycles. The molecule has 0 spiro atoms. The van der Waals surface area contributed by atoms with Crippen LogP contribution in [-0.4, -0.2) is 44.1 Å². The molecule has 2 fully saturated rings. The number of sulfonamides is 1. The van der Waals surface area contributed by atoms with Crippen molar-refractivity contribution in [2.75, 3.05) is 12.8 Å². The molecule has 2 aromatic rings. The molecule has 1 amide bonds. The molecule has 34 heavy (non-hydrogen) atoms. The number of hydrogen-bond acceptors (Lipinski definition) is 3. The lowest BCUT2D eigenvalue weighted by molar-refractivity contribution is -0.148. The Kier molecular flexibility index (Phi) is 6.79. The fourth-order valence-corrected chi connectivity index (χ4v) is 6.12. The highest BCUT2D eigenvalue weighted by Gasteiger charge is 2.49. The highest BCUT2D eigenvalue weighted by atomic mass is 32.2. The third kappa shape index (κ3) is 4.86. The Morgan fingerprint density at radius 2 is 1.82 bits per heavy atom. The first-order chi connectivity index (χ1) is 16.0. The van der Waals surface area contributed by atoms with Crippen molar-refractivity contribution in [1.29, 1.82) is 0 Å². The molecule has 0 aromatic heterocycles. The summed E-state index contributed by atoms with van der Waals surface area (Å²) in [6.07, 6.45) is 4.84. The largest absolute Gasteiger partial charge is 0.337 e. The van der Waals surface area contributed by atoms with Crippen molar-refractivity contribution in [2.45, 2.75) is 57.5 Å². The summed E-state index contributed by atoms with van der Waals surface area (Å²) < 4.78 is 69.6. The van der Waals surface area contributed by atoms with E-state index in [4.69, 9.17) is 0 Å². The molecule has 1 heterocycles. The van der Waals surface area contributed by atoms with Crippen molar-refractivity contribution in [1.82, 2.24) is 9.62 Å². The van der Waals surface area contributed by atoms with Gasteiger partial charge in [0.15, 0.2) is 0 Å². The maximum Gasteiger partial charge on any atom is 0.229 e. The van der Waals surface area contributed by atoms with Crippen LogP contribution in [0.3, 0.4) is 0 Å². The molecule has 9 heteroatoms. The summed E-state index contributed by atoms with van der Waals surface area (Å²) in [7, 11) is -3.55. The van der Waals surface area contributed by atoms with Crippen molar-refractivity contribution < 1.29 is 26.4 Å². The first kappa shape index (κ1) is 24.7. The number of amides is 1. The monoisotopic (exact) mass is 494 g/mol. The lowest BCUT2D eigenvalue weighted by Gasteiger charge is -2.44. The average Bonchev–Trinajstić information content (AvgIpc) is 3.08. The van der Waals surface area contributed by atoms with Gasteiger partial charge in [0.1, 0.15) is 17.5 Å². The molecular weight excluding hydrogens is 465 g/mol. The van der Waals surface area contributed by atoms with Crippen LogP contribution in [0.15, 0.2) is 36.4 Å². The van der Waals surface area contributed by atoms with Gasteiger partial charge in [-0.05, 0) is 55.4 Å². The molecule has 1 aliphatic carbocycles. The Labute approximate surface area is 198 Å². The summed E-state index contributed by atoms with van der Waals surface area (Å²) in [4.78, 5) is 15.2. The molecule has 1 saturated carbocycles. The maximum absolute atomic E-state index is 15.6.